The highest BCUT2D eigenvalue weighted by Gasteiger charge is 2.25. The molecule has 1 rings (SSSR count). The van der Waals surface area contributed by atoms with E-state index in [1.165, 1.54) is 0 Å². The fourth-order valence-electron chi connectivity index (χ4n) is 2.20. The Balaban J connectivity index is 3.34. The maximum absolute atomic E-state index is 11.8. The summed E-state index contributed by atoms with van der Waals surface area (Å²) in [6, 6.07) is 0. The summed E-state index contributed by atoms with van der Waals surface area (Å²) in [5.41, 5.74) is 2.19. The Kier molecular flexibility index (Phi) is 3.66. The van der Waals surface area contributed by atoms with Gasteiger partial charge < -0.3 is 0 Å². The van der Waals surface area contributed by atoms with Crippen molar-refractivity contribution in [1.82, 2.24) is 9.78 Å². The molecule has 3 nitrogen and oxygen atoms in total. The Morgan fingerprint density at radius 2 is 1.88 bits per heavy atom. The minimum Gasteiger partial charge on any atom is -0.288 e. The number of hydrogen-bond acceptors (Lipinski definition) is 1. The zero-order chi connectivity index (χ0) is 12.5. The number of H-pyrrole nitrogens is 1. The predicted molar refractivity (Wildman–Crippen MR) is 68.0 cm³/mol. The number of nitrogens with one attached hydrogen (secondary N) is 1. The van der Waals surface area contributed by atoms with E-state index in [9.17, 15) is 4.79 Å². The lowest BCUT2D eigenvalue weighted by molar-refractivity contribution is 0.425. The molecule has 0 saturated carbocycles. The highest BCUT2D eigenvalue weighted by Crippen LogP contribution is 2.24. The van der Waals surface area contributed by atoms with Crippen LogP contribution in [0.2, 0.25) is 0 Å². The molecule has 3 heteroatoms. The SMILES string of the molecule is CCc1c(C(C)(C)C)n(CC(C)C)[nH]c1=O. The Morgan fingerprint density at radius 1 is 1.31 bits per heavy atom. The molecule has 0 amide bonds. The zero-order valence-corrected chi connectivity index (χ0v) is 11.3. The summed E-state index contributed by atoms with van der Waals surface area (Å²) in [6.07, 6.45) is 0.799. The summed E-state index contributed by atoms with van der Waals surface area (Å²) in [4.78, 5) is 11.8. The summed E-state index contributed by atoms with van der Waals surface area (Å²) in [5.74, 6) is 0.536. The lowest BCUT2D eigenvalue weighted by Gasteiger charge is -2.23. The maximum atomic E-state index is 11.8. The first-order valence-corrected chi connectivity index (χ1v) is 6.09. The van der Waals surface area contributed by atoms with E-state index in [0.29, 0.717) is 5.92 Å². The molecule has 0 aliphatic heterocycles. The average Bonchev–Trinajstić information content (AvgIpc) is 2.39. The molecule has 1 aromatic heterocycles. The van der Waals surface area contributed by atoms with E-state index in [0.717, 1.165) is 24.2 Å². The second-order valence-corrected chi connectivity index (χ2v) is 5.88. The van der Waals surface area contributed by atoms with Crippen molar-refractivity contribution in [1.29, 1.82) is 0 Å². The second kappa shape index (κ2) is 4.48. The Morgan fingerprint density at radius 3 is 2.25 bits per heavy atom. The standard InChI is InChI=1S/C13H24N2O/c1-7-10-11(13(4,5)6)15(8-9(2)3)14-12(10)16/h9H,7-8H2,1-6H3,(H,14,16). The molecule has 1 N–H and O–H groups in total. The number of hydrogen-bond donors (Lipinski definition) is 1. The van der Waals surface area contributed by atoms with Gasteiger partial charge in [-0.1, -0.05) is 41.5 Å². The molecular weight excluding hydrogens is 200 g/mol. The van der Waals surface area contributed by atoms with Crippen LogP contribution >= 0.6 is 0 Å². The Hall–Kier alpha value is -0.990. The van der Waals surface area contributed by atoms with Gasteiger partial charge in [-0.15, -0.1) is 0 Å². The number of rotatable bonds is 3. The van der Waals surface area contributed by atoms with Crippen molar-refractivity contribution < 1.29 is 0 Å². The van der Waals surface area contributed by atoms with Gasteiger partial charge in [-0.05, 0) is 12.3 Å². The quantitative estimate of drug-likeness (QED) is 0.842. The van der Waals surface area contributed by atoms with Crippen LogP contribution in [0.25, 0.3) is 0 Å². The Bertz CT molecular complexity index is 405. The van der Waals surface area contributed by atoms with Crippen LogP contribution in [0.3, 0.4) is 0 Å². The molecule has 0 spiro atoms. The lowest BCUT2D eigenvalue weighted by atomic mass is 9.88. The first-order chi connectivity index (χ1) is 7.27. The highest BCUT2D eigenvalue weighted by atomic mass is 16.1. The van der Waals surface area contributed by atoms with Gasteiger partial charge in [-0.2, -0.15) is 0 Å². The molecule has 0 aliphatic rings. The van der Waals surface area contributed by atoms with Crippen LogP contribution in [0.15, 0.2) is 4.79 Å². The molecule has 0 aromatic carbocycles. The third-order valence-corrected chi connectivity index (χ3v) is 2.68. The van der Waals surface area contributed by atoms with Crippen molar-refractivity contribution in [3.05, 3.63) is 21.6 Å². The normalized spacial score (nSPS) is 12.4. The first kappa shape index (κ1) is 13.1. The van der Waals surface area contributed by atoms with Crippen LogP contribution in [0.4, 0.5) is 0 Å². The summed E-state index contributed by atoms with van der Waals surface area (Å²) in [5, 5.41) is 2.96. The van der Waals surface area contributed by atoms with E-state index in [2.05, 4.69) is 39.7 Å². The molecule has 0 radical (unpaired) electrons. The average molecular weight is 224 g/mol. The minimum absolute atomic E-state index is 0.0133. The van der Waals surface area contributed by atoms with Crippen LogP contribution < -0.4 is 5.56 Å². The second-order valence-electron chi connectivity index (χ2n) is 5.88. The molecular formula is C13H24N2O. The van der Waals surface area contributed by atoms with Crippen LogP contribution in [-0.2, 0) is 18.4 Å². The predicted octanol–water partition coefficient (Wildman–Crippen LogP) is 2.69. The van der Waals surface area contributed by atoms with Gasteiger partial charge >= 0.3 is 0 Å². The van der Waals surface area contributed by atoms with Crippen LogP contribution in [0.5, 0.6) is 0 Å². The van der Waals surface area contributed by atoms with E-state index in [-0.39, 0.29) is 11.0 Å². The van der Waals surface area contributed by atoms with Gasteiger partial charge in [0.2, 0.25) is 0 Å². The maximum Gasteiger partial charge on any atom is 0.267 e. The molecule has 0 bridgehead atoms. The molecule has 1 heterocycles. The summed E-state index contributed by atoms with van der Waals surface area (Å²) >= 11 is 0. The first-order valence-electron chi connectivity index (χ1n) is 6.09. The number of aromatic nitrogens is 2. The number of nitrogens with zero attached hydrogens (tertiary/aromatic N) is 1. The monoisotopic (exact) mass is 224 g/mol. The van der Waals surface area contributed by atoms with E-state index in [1.807, 2.05) is 11.6 Å². The third kappa shape index (κ3) is 2.57. The summed E-state index contributed by atoms with van der Waals surface area (Å²) in [6.45, 7) is 13.7. The van der Waals surface area contributed by atoms with Crippen molar-refractivity contribution in [3.8, 4) is 0 Å². The molecule has 0 atom stereocenters. The van der Waals surface area contributed by atoms with Crippen molar-refractivity contribution in [2.75, 3.05) is 0 Å². The Labute approximate surface area is 97.8 Å². The highest BCUT2D eigenvalue weighted by molar-refractivity contribution is 5.25. The van der Waals surface area contributed by atoms with Crippen molar-refractivity contribution >= 4 is 0 Å². The van der Waals surface area contributed by atoms with Gasteiger partial charge in [0.25, 0.3) is 5.56 Å². The van der Waals surface area contributed by atoms with E-state index in [1.54, 1.807) is 0 Å². The van der Waals surface area contributed by atoms with Gasteiger partial charge in [0, 0.05) is 23.2 Å². The minimum atomic E-state index is 0.0133. The molecule has 1 aromatic rings. The molecule has 0 aliphatic carbocycles. The van der Waals surface area contributed by atoms with Crippen molar-refractivity contribution in [3.63, 3.8) is 0 Å². The smallest absolute Gasteiger partial charge is 0.267 e. The number of aromatic amines is 1. The van der Waals surface area contributed by atoms with E-state index in [4.69, 9.17) is 0 Å². The van der Waals surface area contributed by atoms with Gasteiger partial charge in [0.15, 0.2) is 0 Å². The van der Waals surface area contributed by atoms with E-state index < -0.39 is 0 Å². The molecule has 0 unspecified atom stereocenters. The van der Waals surface area contributed by atoms with Crippen molar-refractivity contribution in [2.45, 2.75) is 59.9 Å². The van der Waals surface area contributed by atoms with Crippen LogP contribution in [0, 0.1) is 5.92 Å². The van der Waals surface area contributed by atoms with Gasteiger partial charge in [-0.3, -0.25) is 14.6 Å². The molecule has 0 fully saturated rings. The fraction of sp³-hybridized carbons (Fsp3) is 0.769. The fourth-order valence-corrected chi connectivity index (χ4v) is 2.20. The van der Waals surface area contributed by atoms with Crippen LogP contribution in [-0.4, -0.2) is 9.78 Å². The largest absolute Gasteiger partial charge is 0.288 e. The van der Waals surface area contributed by atoms with Gasteiger partial charge in [0.1, 0.15) is 0 Å². The van der Waals surface area contributed by atoms with Gasteiger partial charge in [0.05, 0.1) is 0 Å². The zero-order valence-electron chi connectivity index (χ0n) is 11.3. The molecule has 92 valence electrons. The van der Waals surface area contributed by atoms with Crippen molar-refractivity contribution in [2.24, 2.45) is 5.92 Å². The summed E-state index contributed by atoms with van der Waals surface area (Å²) < 4.78 is 2.03. The van der Waals surface area contributed by atoms with Crippen LogP contribution in [0.1, 0.15) is 52.8 Å². The van der Waals surface area contributed by atoms with E-state index >= 15 is 0 Å². The lowest BCUT2D eigenvalue weighted by Crippen LogP contribution is -2.21. The van der Waals surface area contributed by atoms with Gasteiger partial charge in [-0.25, -0.2) is 0 Å². The third-order valence-electron chi connectivity index (χ3n) is 2.68. The molecule has 0 saturated heterocycles. The summed E-state index contributed by atoms with van der Waals surface area (Å²) in [7, 11) is 0. The topological polar surface area (TPSA) is 37.8 Å². The molecule has 16 heavy (non-hydrogen) atoms.